The molecule has 7 nitrogen and oxygen atoms in total. The van der Waals surface area contributed by atoms with Crippen LogP contribution in [-0.4, -0.2) is 63.9 Å². The first kappa shape index (κ1) is 27.4. The van der Waals surface area contributed by atoms with Crippen LogP contribution in [0.3, 0.4) is 0 Å². The van der Waals surface area contributed by atoms with E-state index in [0.717, 1.165) is 76.2 Å². The van der Waals surface area contributed by atoms with Crippen LogP contribution in [-0.2, 0) is 11.3 Å². The molecule has 0 N–H and O–H groups in total. The van der Waals surface area contributed by atoms with E-state index in [1.807, 2.05) is 13.0 Å². The summed E-state index contributed by atoms with van der Waals surface area (Å²) in [4.78, 5) is 33.6. The molecular formula is C26H37N5O2S2. The number of amides is 1. The number of unbranched alkanes of at least 4 members (excludes halogenated alkanes) is 3. The largest absolute Gasteiger partial charge is 0.355 e. The molecule has 0 saturated carbocycles. The number of carbonyl (C=O) groups is 1. The highest BCUT2D eigenvalue weighted by atomic mass is 32.2. The van der Waals surface area contributed by atoms with Gasteiger partial charge in [0.1, 0.15) is 21.8 Å². The Morgan fingerprint density at radius 2 is 1.71 bits per heavy atom. The van der Waals surface area contributed by atoms with Gasteiger partial charge in [-0.3, -0.25) is 19.1 Å². The van der Waals surface area contributed by atoms with Gasteiger partial charge in [-0.05, 0) is 37.9 Å². The highest BCUT2D eigenvalue weighted by molar-refractivity contribution is 8.26. The minimum absolute atomic E-state index is 0.0814. The maximum absolute atomic E-state index is 13.4. The summed E-state index contributed by atoms with van der Waals surface area (Å²) in [5.74, 6) is 0.744. The van der Waals surface area contributed by atoms with Crippen molar-refractivity contribution in [3.8, 4) is 6.07 Å². The number of nitrogens with zero attached hydrogens (tertiary/aromatic N) is 5. The van der Waals surface area contributed by atoms with Crippen molar-refractivity contribution in [3.63, 3.8) is 0 Å². The number of piperazine rings is 1. The lowest BCUT2D eigenvalue weighted by molar-refractivity contribution is -0.122. The molecule has 1 aromatic rings. The minimum Gasteiger partial charge on any atom is -0.355 e. The highest BCUT2D eigenvalue weighted by Crippen LogP contribution is 2.36. The Labute approximate surface area is 218 Å². The molecule has 0 unspecified atom stereocenters. The number of likely N-dealkylation sites (N-methyl/N-ethyl adjacent to an activating group) is 1. The fraction of sp³-hybridized carbons (Fsp3) is 0.615. The molecule has 0 spiro atoms. The van der Waals surface area contributed by atoms with Gasteiger partial charge in [0.05, 0.1) is 4.91 Å². The number of pyridine rings is 1. The topological polar surface area (TPSA) is 72.6 Å². The molecule has 0 aliphatic carbocycles. The van der Waals surface area contributed by atoms with Crippen molar-refractivity contribution in [1.29, 1.82) is 5.26 Å². The monoisotopic (exact) mass is 515 g/mol. The van der Waals surface area contributed by atoms with E-state index in [-0.39, 0.29) is 17.0 Å². The van der Waals surface area contributed by atoms with Gasteiger partial charge < -0.3 is 9.80 Å². The van der Waals surface area contributed by atoms with E-state index in [4.69, 9.17) is 12.2 Å². The normalized spacial score (nSPS) is 18.1. The molecule has 2 fully saturated rings. The summed E-state index contributed by atoms with van der Waals surface area (Å²) in [7, 11) is 0. The molecule has 0 atom stereocenters. The van der Waals surface area contributed by atoms with E-state index in [2.05, 4.69) is 36.6 Å². The van der Waals surface area contributed by atoms with Crippen molar-refractivity contribution in [2.45, 2.75) is 66.3 Å². The zero-order chi connectivity index (χ0) is 25.5. The number of rotatable bonds is 10. The molecule has 35 heavy (non-hydrogen) atoms. The van der Waals surface area contributed by atoms with E-state index in [0.29, 0.717) is 27.9 Å². The molecule has 1 aromatic heterocycles. The number of thiocarbonyl (C=S) groups is 1. The van der Waals surface area contributed by atoms with Gasteiger partial charge in [0, 0.05) is 44.8 Å². The third-order valence-electron chi connectivity index (χ3n) is 6.84. The SMILES string of the molecule is CCCCCN1C(=O)/C(=C/c2c(C)c(C#N)c(=O)n(CCCC)c2N2CCN(CC)CC2)SC1=S. The van der Waals surface area contributed by atoms with Gasteiger partial charge in [-0.15, -0.1) is 0 Å². The van der Waals surface area contributed by atoms with E-state index < -0.39 is 0 Å². The molecule has 3 rings (SSSR count). The van der Waals surface area contributed by atoms with Crippen molar-refractivity contribution < 1.29 is 4.79 Å². The lowest BCUT2D eigenvalue weighted by Gasteiger charge is -2.37. The van der Waals surface area contributed by atoms with Gasteiger partial charge in [-0.2, -0.15) is 5.26 Å². The third kappa shape index (κ3) is 5.99. The van der Waals surface area contributed by atoms with Crippen LogP contribution in [0.15, 0.2) is 9.70 Å². The molecule has 0 radical (unpaired) electrons. The van der Waals surface area contributed by atoms with Gasteiger partial charge >= 0.3 is 0 Å². The predicted molar refractivity (Wildman–Crippen MR) is 149 cm³/mol. The average Bonchev–Trinajstić information content (AvgIpc) is 3.12. The van der Waals surface area contributed by atoms with Gasteiger partial charge in [-0.25, -0.2) is 0 Å². The van der Waals surface area contributed by atoms with Crippen molar-refractivity contribution in [2.24, 2.45) is 0 Å². The summed E-state index contributed by atoms with van der Waals surface area (Å²) < 4.78 is 2.35. The first-order valence-corrected chi connectivity index (χ1v) is 14.0. The number of aromatic nitrogens is 1. The number of thioether (sulfide) groups is 1. The quantitative estimate of drug-likeness (QED) is 0.260. The maximum atomic E-state index is 13.4. The second kappa shape index (κ2) is 12.7. The predicted octanol–water partition coefficient (Wildman–Crippen LogP) is 4.36. The van der Waals surface area contributed by atoms with E-state index in [1.165, 1.54) is 11.8 Å². The fourth-order valence-corrected chi connectivity index (χ4v) is 5.92. The first-order valence-electron chi connectivity index (χ1n) is 12.8. The van der Waals surface area contributed by atoms with Crippen LogP contribution in [0.5, 0.6) is 0 Å². The van der Waals surface area contributed by atoms with Gasteiger partial charge in [-0.1, -0.05) is 64.0 Å². The van der Waals surface area contributed by atoms with Gasteiger partial charge in [0.15, 0.2) is 0 Å². The second-order valence-electron chi connectivity index (χ2n) is 9.12. The molecule has 1 amide bonds. The molecule has 3 heterocycles. The summed E-state index contributed by atoms with van der Waals surface area (Å²) in [5, 5.41) is 9.85. The summed E-state index contributed by atoms with van der Waals surface area (Å²) in [5.41, 5.74) is 1.34. The number of nitriles is 1. The number of hydrogen-bond donors (Lipinski definition) is 0. The van der Waals surface area contributed by atoms with Crippen LogP contribution in [0.4, 0.5) is 5.82 Å². The minimum atomic E-state index is -0.240. The molecule has 190 valence electrons. The van der Waals surface area contributed by atoms with E-state index >= 15 is 0 Å². The Bertz CT molecular complexity index is 1080. The molecule has 0 aromatic carbocycles. The second-order valence-corrected chi connectivity index (χ2v) is 10.8. The van der Waals surface area contributed by atoms with E-state index in [1.54, 1.807) is 9.47 Å². The number of carbonyl (C=O) groups excluding carboxylic acids is 1. The first-order chi connectivity index (χ1) is 16.9. The lowest BCUT2D eigenvalue weighted by atomic mass is 10.0. The summed E-state index contributed by atoms with van der Waals surface area (Å²) >= 11 is 6.85. The van der Waals surface area contributed by atoms with Crippen molar-refractivity contribution >= 4 is 46.1 Å². The fourth-order valence-electron chi connectivity index (χ4n) is 4.63. The summed E-state index contributed by atoms with van der Waals surface area (Å²) in [6, 6.07) is 2.14. The molecular weight excluding hydrogens is 478 g/mol. The van der Waals surface area contributed by atoms with E-state index in [9.17, 15) is 14.9 Å². The zero-order valence-corrected chi connectivity index (χ0v) is 23.1. The summed E-state index contributed by atoms with van der Waals surface area (Å²) in [6.07, 6.45) is 6.71. The molecule has 2 aliphatic heterocycles. The molecule has 9 heteroatoms. The Balaban J connectivity index is 2.12. The zero-order valence-electron chi connectivity index (χ0n) is 21.4. The van der Waals surface area contributed by atoms with Crippen LogP contribution in [0.25, 0.3) is 6.08 Å². The van der Waals surface area contributed by atoms with Gasteiger partial charge in [0.2, 0.25) is 0 Å². The van der Waals surface area contributed by atoms with Crippen molar-refractivity contribution in [3.05, 3.63) is 31.9 Å². The average molecular weight is 516 g/mol. The Morgan fingerprint density at radius 1 is 1.03 bits per heavy atom. The smallest absolute Gasteiger partial charge is 0.270 e. The Kier molecular flexibility index (Phi) is 9.96. The van der Waals surface area contributed by atoms with Crippen LogP contribution in [0.1, 0.15) is 69.6 Å². The third-order valence-corrected chi connectivity index (χ3v) is 8.21. The standard InChI is InChI=1S/C26H37N5O2S2/c1-5-8-10-12-31-25(33)22(35-26(31)34)17-20-19(4)21(18-27)24(32)30(11-9-6-2)23(20)29-15-13-28(7-3)14-16-29/h17H,5-16H2,1-4H3/b22-17-. The lowest BCUT2D eigenvalue weighted by Crippen LogP contribution is -2.48. The van der Waals surface area contributed by atoms with Gasteiger partial charge in [0.25, 0.3) is 11.5 Å². The number of hydrogen-bond acceptors (Lipinski definition) is 7. The maximum Gasteiger partial charge on any atom is 0.270 e. The van der Waals surface area contributed by atoms with Crippen molar-refractivity contribution in [1.82, 2.24) is 14.4 Å². The molecule has 0 bridgehead atoms. The van der Waals surface area contributed by atoms with Crippen LogP contribution in [0.2, 0.25) is 0 Å². The molecule has 2 aliphatic rings. The molecule has 2 saturated heterocycles. The number of anilines is 1. The van der Waals surface area contributed by atoms with Crippen LogP contribution in [0, 0.1) is 18.3 Å². The summed E-state index contributed by atoms with van der Waals surface area (Å²) in [6.45, 7) is 13.8. The van der Waals surface area contributed by atoms with Crippen LogP contribution >= 0.6 is 24.0 Å². The highest BCUT2D eigenvalue weighted by Gasteiger charge is 2.33. The Hall–Kier alpha value is -2.15. The van der Waals surface area contributed by atoms with Crippen molar-refractivity contribution in [2.75, 3.05) is 44.2 Å². The Morgan fingerprint density at radius 3 is 2.31 bits per heavy atom. The van der Waals surface area contributed by atoms with Crippen LogP contribution < -0.4 is 10.5 Å².